The van der Waals surface area contributed by atoms with Crippen molar-refractivity contribution in [2.75, 3.05) is 5.75 Å². The topological polar surface area (TPSA) is 74.1 Å². The standard InChI is InChI=1S/C15H15N3O2S/c1-15(2,20)8-7-11-3-5-12(6-4-11)9-16-18-14-17-13(19)10-21-14/h3-6,9,20H,10H2,1-2H3,(H,17,18,19). The average Bonchev–Trinajstić information content (AvgIpc) is 2.83. The van der Waals surface area contributed by atoms with Gasteiger partial charge in [-0.25, -0.2) is 0 Å². The lowest BCUT2D eigenvalue weighted by Gasteiger charge is -2.05. The summed E-state index contributed by atoms with van der Waals surface area (Å²) in [6, 6.07) is 7.41. The van der Waals surface area contributed by atoms with E-state index in [1.807, 2.05) is 24.3 Å². The summed E-state index contributed by atoms with van der Waals surface area (Å²) in [6.07, 6.45) is 1.60. The molecule has 1 aliphatic heterocycles. The van der Waals surface area contributed by atoms with E-state index < -0.39 is 5.60 Å². The van der Waals surface area contributed by atoms with E-state index >= 15 is 0 Å². The first-order valence-electron chi connectivity index (χ1n) is 6.32. The molecular weight excluding hydrogens is 286 g/mol. The number of nitrogens with zero attached hydrogens (tertiary/aromatic N) is 2. The molecule has 1 fully saturated rings. The molecule has 0 spiro atoms. The molecule has 0 aromatic heterocycles. The smallest absolute Gasteiger partial charge is 0.236 e. The Morgan fingerprint density at radius 3 is 2.67 bits per heavy atom. The summed E-state index contributed by atoms with van der Waals surface area (Å²) in [7, 11) is 0. The number of amidine groups is 1. The molecule has 6 heteroatoms. The Morgan fingerprint density at radius 2 is 2.10 bits per heavy atom. The lowest BCUT2D eigenvalue weighted by Crippen LogP contribution is -2.19. The lowest BCUT2D eigenvalue weighted by molar-refractivity contribution is -0.116. The first kappa shape index (κ1) is 15.3. The van der Waals surface area contributed by atoms with Crippen molar-refractivity contribution in [2.24, 2.45) is 10.2 Å². The van der Waals surface area contributed by atoms with E-state index in [2.05, 4.69) is 27.4 Å². The summed E-state index contributed by atoms with van der Waals surface area (Å²) in [4.78, 5) is 11.0. The minimum absolute atomic E-state index is 0.0521. The van der Waals surface area contributed by atoms with Crippen molar-refractivity contribution in [3.05, 3.63) is 35.4 Å². The van der Waals surface area contributed by atoms with E-state index in [-0.39, 0.29) is 5.91 Å². The van der Waals surface area contributed by atoms with Crippen molar-refractivity contribution in [3.8, 4) is 11.8 Å². The number of nitrogens with one attached hydrogen (secondary N) is 1. The summed E-state index contributed by atoms with van der Waals surface area (Å²) < 4.78 is 0. The molecule has 1 amide bonds. The van der Waals surface area contributed by atoms with Crippen molar-refractivity contribution in [2.45, 2.75) is 19.4 Å². The van der Waals surface area contributed by atoms with Crippen LogP contribution in [0.3, 0.4) is 0 Å². The van der Waals surface area contributed by atoms with Gasteiger partial charge in [0.05, 0.1) is 12.0 Å². The molecule has 0 radical (unpaired) electrons. The Hall–Kier alpha value is -2.10. The maximum atomic E-state index is 11.0. The van der Waals surface area contributed by atoms with Crippen LogP contribution in [0.1, 0.15) is 25.0 Å². The minimum atomic E-state index is -1.00. The summed E-state index contributed by atoms with van der Waals surface area (Å²) in [5.41, 5.74) is 0.696. The number of rotatable bonds is 2. The zero-order valence-electron chi connectivity index (χ0n) is 11.8. The average molecular weight is 301 g/mol. The van der Waals surface area contributed by atoms with Gasteiger partial charge in [0.25, 0.3) is 0 Å². The van der Waals surface area contributed by atoms with Crippen LogP contribution in [-0.4, -0.2) is 33.7 Å². The predicted molar refractivity (Wildman–Crippen MR) is 85.2 cm³/mol. The Kier molecular flexibility index (Phi) is 4.78. The van der Waals surface area contributed by atoms with Crippen LogP contribution >= 0.6 is 11.8 Å². The van der Waals surface area contributed by atoms with Gasteiger partial charge in [-0.3, -0.25) is 4.79 Å². The van der Waals surface area contributed by atoms with Gasteiger partial charge < -0.3 is 10.4 Å². The Bertz CT molecular complexity index is 646. The van der Waals surface area contributed by atoms with E-state index in [0.29, 0.717) is 10.9 Å². The molecule has 1 heterocycles. The third-order valence-electron chi connectivity index (χ3n) is 2.37. The first-order valence-corrected chi connectivity index (χ1v) is 7.30. The molecule has 1 saturated heterocycles. The third-order valence-corrected chi connectivity index (χ3v) is 3.23. The fraction of sp³-hybridized carbons (Fsp3) is 0.267. The van der Waals surface area contributed by atoms with E-state index in [4.69, 9.17) is 0 Å². The van der Waals surface area contributed by atoms with Gasteiger partial charge in [-0.05, 0) is 31.5 Å². The van der Waals surface area contributed by atoms with E-state index in [1.54, 1.807) is 20.1 Å². The van der Waals surface area contributed by atoms with Gasteiger partial charge >= 0.3 is 0 Å². The fourth-order valence-electron chi connectivity index (χ4n) is 1.40. The highest BCUT2D eigenvalue weighted by atomic mass is 32.2. The number of aliphatic hydroxyl groups is 1. The molecule has 0 saturated carbocycles. The molecule has 0 atom stereocenters. The number of carbonyl (C=O) groups excluding carboxylic acids is 1. The molecule has 108 valence electrons. The highest BCUT2D eigenvalue weighted by Gasteiger charge is 2.15. The van der Waals surface area contributed by atoms with E-state index in [0.717, 1.165) is 11.1 Å². The van der Waals surface area contributed by atoms with E-state index in [1.165, 1.54) is 11.8 Å². The maximum absolute atomic E-state index is 11.0. The van der Waals surface area contributed by atoms with Crippen LogP contribution in [0, 0.1) is 11.8 Å². The molecule has 2 N–H and O–H groups in total. The molecule has 0 bridgehead atoms. The first-order chi connectivity index (χ1) is 9.92. The van der Waals surface area contributed by atoms with Crippen LogP contribution in [0.2, 0.25) is 0 Å². The second-order valence-corrected chi connectivity index (χ2v) is 5.88. The molecule has 2 rings (SSSR count). The maximum Gasteiger partial charge on any atom is 0.236 e. The van der Waals surface area contributed by atoms with Crippen LogP contribution in [0.5, 0.6) is 0 Å². The molecular formula is C15H15N3O2S. The van der Waals surface area contributed by atoms with Gasteiger partial charge in [0.15, 0.2) is 5.17 Å². The monoisotopic (exact) mass is 301 g/mol. The normalized spacial score (nSPS) is 16.9. The van der Waals surface area contributed by atoms with Crippen LogP contribution in [-0.2, 0) is 4.79 Å². The molecule has 21 heavy (non-hydrogen) atoms. The molecule has 5 nitrogen and oxygen atoms in total. The number of hydrogen-bond donors (Lipinski definition) is 2. The van der Waals surface area contributed by atoms with Crippen molar-refractivity contribution < 1.29 is 9.90 Å². The van der Waals surface area contributed by atoms with Crippen LogP contribution in [0.25, 0.3) is 0 Å². The van der Waals surface area contributed by atoms with Gasteiger partial charge in [0.1, 0.15) is 5.60 Å². The number of carbonyl (C=O) groups is 1. The largest absolute Gasteiger partial charge is 0.378 e. The number of hydrogen-bond acceptors (Lipinski definition) is 5. The zero-order chi connectivity index (χ0) is 15.3. The molecule has 0 unspecified atom stereocenters. The van der Waals surface area contributed by atoms with Crippen LogP contribution in [0.4, 0.5) is 0 Å². The minimum Gasteiger partial charge on any atom is -0.378 e. The predicted octanol–water partition coefficient (Wildman–Crippen LogP) is 1.36. The van der Waals surface area contributed by atoms with Gasteiger partial charge in [-0.1, -0.05) is 35.7 Å². The van der Waals surface area contributed by atoms with Gasteiger partial charge in [0, 0.05) is 5.56 Å². The highest BCUT2D eigenvalue weighted by molar-refractivity contribution is 8.15. The summed E-state index contributed by atoms with van der Waals surface area (Å²) in [5.74, 6) is 5.98. The fourth-order valence-corrected chi connectivity index (χ4v) is 2.04. The Labute approximate surface area is 127 Å². The van der Waals surface area contributed by atoms with Crippen molar-refractivity contribution in [3.63, 3.8) is 0 Å². The second-order valence-electron chi connectivity index (χ2n) is 4.92. The van der Waals surface area contributed by atoms with E-state index in [9.17, 15) is 9.90 Å². The van der Waals surface area contributed by atoms with Gasteiger partial charge in [-0.15, -0.1) is 5.10 Å². The van der Waals surface area contributed by atoms with Crippen LogP contribution in [0.15, 0.2) is 34.5 Å². The summed E-state index contributed by atoms with van der Waals surface area (Å²) in [5, 5.41) is 20.5. The van der Waals surface area contributed by atoms with Crippen molar-refractivity contribution >= 4 is 29.1 Å². The molecule has 1 aromatic carbocycles. The quantitative estimate of drug-likeness (QED) is 0.492. The number of amides is 1. The zero-order valence-corrected chi connectivity index (χ0v) is 12.6. The molecule has 1 aromatic rings. The summed E-state index contributed by atoms with van der Waals surface area (Å²) in [6.45, 7) is 3.28. The third kappa shape index (κ3) is 5.42. The van der Waals surface area contributed by atoms with Gasteiger partial charge in [0.2, 0.25) is 5.91 Å². The Morgan fingerprint density at radius 1 is 1.38 bits per heavy atom. The summed E-state index contributed by atoms with van der Waals surface area (Å²) >= 11 is 1.33. The van der Waals surface area contributed by atoms with Crippen LogP contribution < -0.4 is 5.32 Å². The number of benzene rings is 1. The second kappa shape index (κ2) is 6.57. The highest BCUT2D eigenvalue weighted by Crippen LogP contribution is 2.08. The Balaban J connectivity index is 1.99. The SMILES string of the molecule is CC(C)(O)C#Cc1ccc(C=NN=C2NC(=O)CS2)cc1. The lowest BCUT2D eigenvalue weighted by atomic mass is 10.1. The molecule has 1 aliphatic rings. The van der Waals surface area contributed by atoms with Crippen molar-refractivity contribution in [1.29, 1.82) is 0 Å². The molecule has 0 aliphatic carbocycles. The van der Waals surface area contributed by atoms with Gasteiger partial charge in [-0.2, -0.15) is 5.10 Å². The van der Waals surface area contributed by atoms with Crippen molar-refractivity contribution in [1.82, 2.24) is 5.32 Å². The number of thioether (sulfide) groups is 1.